The van der Waals surface area contributed by atoms with Gasteiger partial charge in [-0.15, -0.1) is 11.6 Å². The molecule has 0 radical (unpaired) electrons. The summed E-state index contributed by atoms with van der Waals surface area (Å²) in [7, 11) is 0. The van der Waals surface area contributed by atoms with Gasteiger partial charge in [-0.25, -0.2) is 0 Å². The summed E-state index contributed by atoms with van der Waals surface area (Å²) in [5, 5.41) is 13.3. The van der Waals surface area contributed by atoms with E-state index >= 15 is 0 Å². The van der Waals surface area contributed by atoms with E-state index in [-0.39, 0.29) is 22.5 Å². The van der Waals surface area contributed by atoms with Crippen LogP contribution in [0.15, 0.2) is 24.3 Å². The highest BCUT2D eigenvalue weighted by molar-refractivity contribution is 6.20. The molecule has 0 fully saturated rings. The van der Waals surface area contributed by atoms with Crippen molar-refractivity contribution in [2.75, 3.05) is 6.54 Å². The van der Waals surface area contributed by atoms with Gasteiger partial charge in [0.25, 0.3) is 11.6 Å². The van der Waals surface area contributed by atoms with E-state index in [9.17, 15) is 14.9 Å². The summed E-state index contributed by atoms with van der Waals surface area (Å²) in [6.45, 7) is 2.43. The van der Waals surface area contributed by atoms with Gasteiger partial charge in [0, 0.05) is 29.6 Å². The lowest BCUT2D eigenvalue weighted by Crippen LogP contribution is -2.26. The Labute approximate surface area is 110 Å². The molecule has 0 spiro atoms. The minimum absolute atomic E-state index is 0.0374. The molecule has 18 heavy (non-hydrogen) atoms. The zero-order valence-electron chi connectivity index (χ0n) is 10.1. The highest BCUT2D eigenvalue weighted by Gasteiger charge is 2.11. The van der Waals surface area contributed by atoms with Crippen molar-refractivity contribution >= 4 is 23.2 Å². The molecule has 0 saturated carbocycles. The molecule has 0 aromatic heterocycles. The van der Waals surface area contributed by atoms with Crippen LogP contribution in [0.3, 0.4) is 0 Å². The number of nitrogens with one attached hydrogen (secondary N) is 1. The molecule has 1 rings (SSSR count). The van der Waals surface area contributed by atoms with Crippen LogP contribution in [0.25, 0.3) is 0 Å². The van der Waals surface area contributed by atoms with Crippen LogP contribution in [0.5, 0.6) is 0 Å². The van der Waals surface area contributed by atoms with Gasteiger partial charge in [0.15, 0.2) is 0 Å². The van der Waals surface area contributed by atoms with Crippen LogP contribution in [-0.4, -0.2) is 22.8 Å². The first-order valence-electron chi connectivity index (χ1n) is 5.71. The zero-order chi connectivity index (χ0) is 13.5. The van der Waals surface area contributed by atoms with E-state index in [0.717, 1.165) is 6.42 Å². The van der Waals surface area contributed by atoms with E-state index in [1.54, 1.807) is 6.07 Å². The Morgan fingerprint density at radius 2 is 2.28 bits per heavy atom. The van der Waals surface area contributed by atoms with Gasteiger partial charge in [-0.2, -0.15) is 0 Å². The number of carbonyl (C=O) groups is 1. The Morgan fingerprint density at radius 1 is 1.56 bits per heavy atom. The largest absolute Gasteiger partial charge is 0.352 e. The van der Waals surface area contributed by atoms with E-state index < -0.39 is 4.92 Å². The Morgan fingerprint density at radius 3 is 2.89 bits per heavy atom. The number of amides is 1. The van der Waals surface area contributed by atoms with Crippen LogP contribution < -0.4 is 5.32 Å². The van der Waals surface area contributed by atoms with Gasteiger partial charge in [0.2, 0.25) is 0 Å². The standard InChI is InChI=1S/C12H15ClN2O3/c1-2-10(13)6-7-14-12(16)9-4-3-5-11(8-9)15(17)18/h3-5,8,10H,2,6-7H2,1H3,(H,14,16). The van der Waals surface area contributed by atoms with Crippen LogP contribution in [0.2, 0.25) is 0 Å². The summed E-state index contributed by atoms with van der Waals surface area (Å²) in [5.41, 5.74) is 0.193. The Bertz CT molecular complexity index is 437. The number of nitrogens with zero attached hydrogens (tertiary/aromatic N) is 1. The van der Waals surface area contributed by atoms with Crippen molar-refractivity contribution in [3.63, 3.8) is 0 Å². The van der Waals surface area contributed by atoms with Crippen LogP contribution in [0.1, 0.15) is 30.1 Å². The van der Waals surface area contributed by atoms with Crippen LogP contribution in [-0.2, 0) is 0 Å². The Balaban J connectivity index is 2.56. The second-order valence-corrected chi connectivity index (χ2v) is 4.47. The number of nitro benzene ring substituents is 1. The van der Waals surface area contributed by atoms with E-state index in [1.807, 2.05) is 6.92 Å². The Hall–Kier alpha value is -1.62. The number of hydrogen-bond donors (Lipinski definition) is 1. The second-order valence-electron chi connectivity index (χ2n) is 3.86. The Kier molecular flexibility index (Phi) is 5.58. The molecule has 1 aromatic rings. The third-order valence-corrected chi connectivity index (χ3v) is 3.03. The molecule has 0 heterocycles. The van der Waals surface area contributed by atoms with Gasteiger partial charge >= 0.3 is 0 Å². The molecule has 0 saturated heterocycles. The smallest absolute Gasteiger partial charge is 0.270 e. The number of non-ortho nitro benzene ring substituents is 1. The minimum atomic E-state index is -0.525. The third kappa shape index (κ3) is 4.33. The molecule has 1 atom stereocenters. The molecule has 6 heteroatoms. The van der Waals surface area contributed by atoms with Crippen molar-refractivity contribution in [2.45, 2.75) is 25.1 Å². The predicted molar refractivity (Wildman–Crippen MR) is 70.0 cm³/mol. The van der Waals surface area contributed by atoms with Crippen molar-refractivity contribution in [3.05, 3.63) is 39.9 Å². The zero-order valence-corrected chi connectivity index (χ0v) is 10.8. The maximum absolute atomic E-state index is 11.7. The minimum Gasteiger partial charge on any atom is -0.352 e. The fourth-order valence-corrected chi connectivity index (χ4v) is 1.52. The number of benzene rings is 1. The van der Waals surface area contributed by atoms with Crippen molar-refractivity contribution < 1.29 is 9.72 Å². The first kappa shape index (κ1) is 14.4. The van der Waals surface area contributed by atoms with E-state index in [1.165, 1.54) is 18.2 Å². The summed E-state index contributed by atoms with van der Waals surface area (Å²) >= 11 is 5.92. The van der Waals surface area contributed by atoms with Crippen molar-refractivity contribution in [1.82, 2.24) is 5.32 Å². The fourth-order valence-electron chi connectivity index (χ4n) is 1.41. The molecule has 0 aliphatic rings. The van der Waals surface area contributed by atoms with Gasteiger partial charge in [0.05, 0.1) is 4.92 Å². The molecule has 1 N–H and O–H groups in total. The van der Waals surface area contributed by atoms with Gasteiger partial charge in [-0.1, -0.05) is 13.0 Å². The summed E-state index contributed by atoms with van der Waals surface area (Å²) in [4.78, 5) is 21.8. The van der Waals surface area contributed by atoms with Gasteiger partial charge in [-0.05, 0) is 18.9 Å². The number of hydrogen-bond acceptors (Lipinski definition) is 3. The summed E-state index contributed by atoms with van der Waals surface area (Å²) in [6, 6.07) is 5.64. The molecule has 1 amide bonds. The lowest BCUT2D eigenvalue weighted by molar-refractivity contribution is -0.384. The SMILES string of the molecule is CCC(Cl)CCNC(=O)c1cccc([N+](=O)[O-])c1. The molecular weight excluding hydrogens is 256 g/mol. The van der Waals surface area contributed by atoms with Crippen LogP contribution in [0, 0.1) is 10.1 Å². The number of rotatable bonds is 6. The molecule has 0 aliphatic heterocycles. The first-order valence-corrected chi connectivity index (χ1v) is 6.15. The molecular formula is C12H15ClN2O3. The molecule has 1 aromatic carbocycles. The molecule has 1 unspecified atom stereocenters. The number of halogens is 1. The van der Waals surface area contributed by atoms with Crippen LogP contribution >= 0.6 is 11.6 Å². The highest BCUT2D eigenvalue weighted by atomic mass is 35.5. The summed E-state index contributed by atoms with van der Waals surface area (Å²) in [6.07, 6.45) is 1.52. The van der Waals surface area contributed by atoms with Gasteiger partial charge in [0.1, 0.15) is 0 Å². The van der Waals surface area contributed by atoms with E-state index in [0.29, 0.717) is 13.0 Å². The summed E-state index contributed by atoms with van der Waals surface area (Å²) < 4.78 is 0. The molecule has 0 aliphatic carbocycles. The third-order valence-electron chi connectivity index (χ3n) is 2.51. The van der Waals surface area contributed by atoms with Crippen LogP contribution in [0.4, 0.5) is 5.69 Å². The first-order chi connectivity index (χ1) is 8.54. The average molecular weight is 271 g/mol. The molecule has 0 bridgehead atoms. The monoisotopic (exact) mass is 270 g/mol. The lowest BCUT2D eigenvalue weighted by atomic mass is 10.2. The maximum Gasteiger partial charge on any atom is 0.270 e. The molecule has 5 nitrogen and oxygen atoms in total. The lowest BCUT2D eigenvalue weighted by Gasteiger charge is -2.07. The van der Waals surface area contributed by atoms with Crippen molar-refractivity contribution in [3.8, 4) is 0 Å². The van der Waals surface area contributed by atoms with Gasteiger partial charge < -0.3 is 5.32 Å². The number of nitro groups is 1. The topological polar surface area (TPSA) is 72.2 Å². The van der Waals surface area contributed by atoms with Crippen molar-refractivity contribution in [2.24, 2.45) is 0 Å². The quantitative estimate of drug-likeness (QED) is 0.491. The van der Waals surface area contributed by atoms with E-state index in [4.69, 9.17) is 11.6 Å². The predicted octanol–water partition coefficient (Wildman–Crippen LogP) is 2.73. The summed E-state index contributed by atoms with van der Waals surface area (Å²) in [5.74, 6) is -0.321. The normalized spacial score (nSPS) is 11.9. The number of carbonyl (C=O) groups excluding carboxylic acids is 1. The highest BCUT2D eigenvalue weighted by Crippen LogP contribution is 2.13. The van der Waals surface area contributed by atoms with Crippen molar-refractivity contribution in [1.29, 1.82) is 0 Å². The maximum atomic E-state index is 11.7. The second kappa shape index (κ2) is 6.96. The van der Waals surface area contributed by atoms with Gasteiger partial charge in [-0.3, -0.25) is 14.9 Å². The average Bonchev–Trinajstić information content (AvgIpc) is 2.38. The fraction of sp³-hybridized carbons (Fsp3) is 0.417. The molecule has 98 valence electrons. The number of alkyl halides is 1. The van der Waals surface area contributed by atoms with E-state index in [2.05, 4.69) is 5.32 Å².